The van der Waals surface area contributed by atoms with Gasteiger partial charge in [-0.3, -0.25) is 14.7 Å². The van der Waals surface area contributed by atoms with Crippen LogP contribution in [0.3, 0.4) is 0 Å². The van der Waals surface area contributed by atoms with Gasteiger partial charge in [-0.2, -0.15) is 10.1 Å². The van der Waals surface area contributed by atoms with Gasteiger partial charge in [-0.1, -0.05) is 30.3 Å². The van der Waals surface area contributed by atoms with E-state index >= 15 is 0 Å². The van der Waals surface area contributed by atoms with E-state index in [1.807, 2.05) is 50.9 Å². The summed E-state index contributed by atoms with van der Waals surface area (Å²) in [5.74, 6) is 0.438. The van der Waals surface area contributed by atoms with E-state index in [1.165, 1.54) is 5.56 Å². The number of benzene rings is 1. The number of nitrogens with one attached hydrogen (secondary N) is 1. The van der Waals surface area contributed by atoms with Crippen molar-refractivity contribution in [2.45, 2.75) is 44.9 Å². The number of anilines is 1. The van der Waals surface area contributed by atoms with E-state index in [4.69, 9.17) is 0 Å². The fraction of sp³-hybridized carbons (Fsp3) is 0.500. The summed E-state index contributed by atoms with van der Waals surface area (Å²) >= 11 is 0. The largest absolute Gasteiger partial charge is 0.387 e. The van der Waals surface area contributed by atoms with Crippen molar-refractivity contribution in [2.75, 3.05) is 31.6 Å². The monoisotopic (exact) mass is 410 g/mol. The van der Waals surface area contributed by atoms with Crippen molar-refractivity contribution in [3.05, 3.63) is 52.4 Å². The molecule has 3 heterocycles. The quantitative estimate of drug-likeness (QED) is 0.668. The first kappa shape index (κ1) is 20.6. The number of rotatable bonds is 5. The van der Waals surface area contributed by atoms with Gasteiger partial charge in [0.15, 0.2) is 5.65 Å². The Morgan fingerprint density at radius 2 is 2.00 bits per heavy atom. The number of likely N-dealkylation sites (N-methyl/N-ethyl adjacent to an activating group) is 1. The maximum absolute atomic E-state index is 12.6. The van der Waals surface area contributed by atoms with Crippen LogP contribution < -0.4 is 10.5 Å². The van der Waals surface area contributed by atoms with Crippen LogP contribution in [0.25, 0.3) is 11.0 Å². The standard InChI is InChI=1S/C22H30N6O2/c1-21(2,3)28-18-17(12-23-28)19(29)25-20(24-18)26(4)14-22(30)10-11-27(15-22)13-16-8-6-5-7-9-16/h5-9,12,30H,10-11,13-15H2,1-4H3,(H,24,25,29). The predicted molar refractivity (Wildman–Crippen MR) is 118 cm³/mol. The van der Waals surface area contributed by atoms with Crippen LogP contribution in [0.2, 0.25) is 0 Å². The average Bonchev–Trinajstić information content (AvgIpc) is 3.26. The van der Waals surface area contributed by atoms with Gasteiger partial charge in [0.25, 0.3) is 5.56 Å². The second-order valence-corrected chi connectivity index (χ2v) is 9.38. The normalized spacial score (nSPS) is 20.2. The highest BCUT2D eigenvalue weighted by Crippen LogP contribution is 2.25. The molecule has 0 amide bonds. The molecule has 30 heavy (non-hydrogen) atoms. The Morgan fingerprint density at radius 1 is 1.27 bits per heavy atom. The molecule has 1 aliphatic rings. The molecule has 1 aliphatic heterocycles. The lowest BCUT2D eigenvalue weighted by atomic mass is 10.0. The third kappa shape index (κ3) is 4.11. The Labute approximate surface area is 176 Å². The third-order valence-electron chi connectivity index (χ3n) is 5.61. The van der Waals surface area contributed by atoms with Gasteiger partial charge < -0.3 is 10.0 Å². The molecule has 160 valence electrons. The van der Waals surface area contributed by atoms with Gasteiger partial charge in [0.05, 0.1) is 23.9 Å². The Hall–Kier alpha value is -2.71. The highest BCUT2D eigenvalue weighted by molar-refractivity contribution is 5.74. The molecule has 1 saturated heterocycles. The lowest BCUT2D eigenvalue weighted by Gasteiger charge is -2.29. The number of aliphatic hydroxyl groups is 1. The number of β-amino-alcohol motifs (C(OH)–C–C–N with tert-alkyl or cyclic N) is 1. The first-order valence-electron chi connectivity index (χ1n) is 10.3. The average molecular weight is 411 g/mol. The summed E-state index contributed by atoms with van der Waals surface area (Å²) in [7, 11) is 1.85. The van der Waals surface area contributed by atoms with E-state index in [2.05, 4.69) is 32.1 Å². The minimum atomic E-state index is -0.860. The summed E-state index contributed by atoms with van der Waals surface area (Å²) in [6, 6.07) is 10.3. The number of likely N-dealkylation sites (tertiary alicyclic amines) is 1. The zero-order chi connectivity index (χ0) is 21.5. The molecular formula is C22H30N6O2. The summed E-state index contributed by atoms with van der Waals surface area (Å²) < 4.78 is 1.76. The van der Waals surface area contributed by atoms with Crippen molar-refractivity contribution in [2.24, 2.45) is 0 Å². The zero-order valence-corrected chi connectivity index (χ0v) is 18.1. The Balaban J connectivity index is 1.51. The first-order chi connectivity index (χ1) is 14.1. The van der Waals surface area contributed by atoms with Crippen LogP contribution in [0.5, 0.6) is 0 Å². The lowest BCUT2D eigenvalue weighted by Crippen LogP contribution is -2.44. The maximum atomic E-state index is 12.6. The zero-order valence-electron chi connectivity index (χ0n) is 18.1. The van der Waals surface area contributed by atoms with E-state index in [0.29, 0.717) is 36.5 Å². The van der Waals surface area contributed by atoms with Gasteiger partial charge in [-0.05, 0) is 32.8 Å². The summed E-state index contributed by atoms with van der Waals surface area (Å²) in [6.07, 6.45) is 2.23. The van der Waals surface area contributed by atoms with Gasteiger partial charge in [0, 0.05) is 26.7 Å². The fourth-order valence-electron chi connectivity index (χ4n) is 4.14. The van der Waals surface area contributed by atoms with Crippen LogP contribution in [0, 0.1) is 0 Å². The number of aromatic amines is 1. The molecule has 0 spiro atoms. The second-order valence-electron chi connectivity index (χ2n) is 9.38. The van der Waals surface area contributed by atoms with Crippen molar-refractivity contribution in [3.63, 3.8) is 0 Å². The van der Waals surface area contributed by atoms with Crippen LogP contribution in [-0.4, -0.2) is 62.0 Å². The first-order valence-corrected chi connectivity index (χ1v) is 10.3. The highest BCUT2D eigenvalue weighted by atomic mass is 16.3. The summed E-state index contributed by atoms with van der Waals surface area (Å²) in [6.45, 7) is 8.68. The number of nitrogens with zero attached hydrogens (tertiary/aromatic N) is 5. The molecule has 1 unspecified atom stereocenters. The number of hydrogen-bond donors (Lipinski definition) is 2. The van der Waals surface area contributed by atoms with Crippen molar-refractivity contribution in [3.8, 4) is 0 Å². The molecule has 0 saturated carbocycles. The van der Waals surface area contributed by atoms with Crippen LogP contribution in [0.1, 0.15) is 32.8 Å². The van der Waals surface area contributed by atoms with Crippen LogP contribution in [0.4, 0.5) is 5.95 Å². The van der Waals surface area contributed by atoms with Crippen molar-refractivity contribution < 1.29 is 5.11 Å². The Kier molecular flexibility index (Phi) is 5.15. The SMILES string of the molecule is CN(CC1(O)CCN(Cc2ccccc2)C1)c1nc2c(cnn2C(C)(C)C)c(=O)[nH]1. The summed E-state index contributed by atoms with van der Waals surface area (Å²) in [4.78, 5) is 24.2. The van der Waals surface area contributed by atoms with Gasteiger partial charge in [0.2, 0.25) is 5.95 Å². The third-order valence-corrected chi connectivity index (χ3v) is 5.61. The van der Waals surface area contributed by atoms with Crippen LogP contribution in [-0.2, 0) is 12.1 Å². The molecule has 2 N–H and O–H groups in total. The van der Waals surface area contributed by atoms with Crippen LogP contribution >= 0.6 is 0 Å². The van der Waals surface area contributed by atoms with Gasteiger partial charge in [-0.15, -0.1) is 0 Å². The van der Waals surface area contributed by atoms with Crippen molar-refractivity contribution >= 4 is 17.0 Å². The number of aromatic nitrogens is 4. The molecule has 3 aromatic rings. The van der Waals surface area contributed by atoms with Crippen LogP contribution in [0.15, 0.2) is 41.3 Å². The van der Waals surface area contributed by atoms with Gasteiger partial charge >= 0.3 is 0 Å². The number of fused-ring (bicyclic) bond motifs is 1. The Bertz CT molecular complexity index is 1080. The molecule has 2 aromatic heterocycles. The predicted octanol–water partition coefficient (Wildman–Crippen LogP) is 1.95. The molecule has 0 aliphatic carbocycles. The highest BCUT2D eigenvalue weighted by Gasteiger charge is 2.37. The molecule has 0 radical (unpaired) electrons. The van der Waals surface area contributed by atoms with E-state index in [1.54, 1.807) is 10.9 Å². The Morgan fingerprint density at radius 3 is 2.70 bits per heavy atom. The summed E-state index contributed by atoms with van der Waals surface area (Å²) in [5.41, 5.74) is 0.419. The molecule has 8 nitrogen and oxygen atoms in total. The van der Waals surface area contributed by atoms with E-state index in [0.717, 1.165) is 13.1 Å². The number of H-pyrrole nitrogens is 1. The molecule has 4 rings (SSSR count). The fourth-order valence-corrected chi connectivity index (χ4v) is 4.14. The van der Waals surface area contributed by atoms with E-state index in [-0.39, 0.29) is 11.1 Å². The van der Waals surface area contributed by atoms with Gasteiger partial charge in [-0.25, -0.2) is 4.68 Å². The number of hydrogen-bond acceptors (Lipinski definition) is 6. The molecule has 0 bridgehead atoms. The van der Waals surface area contributed by atoms with Crippen molar-refractivity contribution in [1.82, 2.24) is 24.6 Å². The van der Waals surface area contributed by atoms with Gasteiger partial charge in [0.1, 0.15) is 5.39 Å². The maximum Gasteiger partial charge on any atom is 0.263 e. The van der Waals surface area contributed by atoms with E-state index in [9.17, 15) is 9.90 Å². The minimum absolute atomic E-state index is 0.221. The smallest absolute Gasteiger partial charge is 0.263 e. The topological polar surface area (TPSA) is 90.3 Å². The van der Waals surface area contributed by atoms with E-state index < -0.39 is 5.60 Å². The molecule has 8 heteroatoms. The molecule has 1 aromatic carbocycles. The second kappa shape index (κ2) is 7.52. The molecule has 1 fully saturated rings. The minimum Gasteiger partial charge on any atom is -0.387 e. The summed E-state index contributed by atoms with van der Waals surface area (Å²) in [5, 5.41) is 16.0. The molecular weight excluding hydrogens is 380 g/mol. The van der Waals surface area contributed by atoms with Crippen molar-refractivity contribution in [1.29, 1.82) is 0 Å². The lowest BCUT2D eigenvalue weighted by molar-refractivity contribution is 0.0559. The molecule has 1 atom stereocenters.